The van der Waals surface area contributed by atoms with Crippen LogP contribution in [0.4, 0.5) is 0 Å². The zero-order valence-corrected chi connectivity index (χ0v) is 52.3. The minimum atomic E-state index is -0.768. The van der Waals surface area contributed by atoms with Gasteiger partial charge < -0.3 is 14.2 Å². The van der Waals surface area contributed by atoms with Crippen LogP contribution in [-0.2, 0) is 28.6 Å². The number of ether oxygens (including phenoxy) is 3. The molecule has 0 saturated heterocycles. The van der Waals surface area contributed by atoms with E-state index in [4.69, 9.17) is 14.2 Å². The maximum Gasteiger partial charge on any atom is 0.306 e. The van der Waals surface area contributed by atoms with Gasteiger partial charge in [0.05, 0.1) is 0 Å². The Morgan fingerprint density at radius 1 is 0.247 bits per heavy atom. The molecule has 6 nitrogen and oxygen atoms in total. The third-order valence-corrected chi connectivity index (χ3v) is 15.9. The average Bonchev–Trinajstić information content (AvgIpc) is 3.43. The SMILES string of the molecule is CCCCCCCCCC/C=C\CCCCCCCCCCCCCCCC(=O)OCC(COC(=O)CCCCCCCCCCCCC)OC(=O)CCCCCCCCCCCCC/C=C\CCCCCCCCCC. The zero-order valence-electron chi connectivity index (χ0n) is 52.3. The Labute approximate surface area is 481 Å². The van der Waals surface area contributed by atoms with E-state index in [-0.39, 0.29) is 31.1 Å². The first-order chi connectivity index (χ1) is 38.0. The zero-order chi connectivity index (χ0) is 55.7. The third-order valence-electron chi connectivity index (χ3n) is 15.9. The number of hydrogen-bond acceptors (Lipinski definition) is 6. The summed E-state index contributed by atoms with van der Waals surface area (Å²) in [5.74, 6) is -0.838. The molecule has 0 aromatic rings. The fourth-order valence-electron chi connectivity index (χ4n) is 10.7. The Balaban J connectivity index is 4.18. The van der Waals surface area contributed by atoms with Crippen molar-refractivity contribution in [3.8, 4) is 0 Å². The molecule has 0 aliphatic heterocycles. The third kappa shape index (κ3) is 64.6. The molecule has 1 unspecified atom stereocenters. The number of esters is 3. The topological polar surface area (TPSA) is 78.9 Å². The van der Waals surface area contributed by atoms with Crippen molar-refractivity contribution in [3.63, 3.8) is 0 Å². The van der Waals surface area contributed by atoms with E-state index in [0.29, 0.717) is 19.3 Å². The molecular formula is C71H134O6. The quantitative estimate of drug-likeness (QED) is 0.0261. The van der Waals surface area contributed by atoms with Gasteiger partial charge in [-0.2, -0.15) is 0 Å². The monoisotopic (exact) mass is 1080 g/mol. The predicted octanol–water partition coefficient (Wildman–Crippen LogP) is 23.8. The van der Waals surface area contributed by atoms with E-state index in [9.17, 15) is 14.4 Å². The summed E-state index contributed by atoms with van der Waals surface area (Å²) < 4.78 is 17.0. The van der Waals surface area contributed by atoms with Crippen molar-refractivity contribution < 1.29 is 28.6 Å². The first-order valence-electron chi connectivity index (χ1n) is 34.8. The number of allylic oxidation sites excluding steroid dienone is 4. The van der Waals surface area contributed by atoms with Crippen LogP contribution in [0.2, 0.25) is 0 Å². The van der Waals surface area contributed by atoms with E-state index in [0.717, 1.165) is 57.8 Å². The maximum absolute atomic E-state index is 12.9. The van der Waals surface area contributed by atoms with Crippen molar-refractivity contribution in [2.24, 2.45) is 0 Å². The molecular weight excluding hydrogens is 949 g/mol. The number of rotatable bonds is 65. The summed E-state index contributed by atoms with van der Waals surface area (Å²) in [4.78, 5) is 38.3. The first kappa shape index (κ1) is 74.9. The molecule has 0 aromatic heterocycles. The predicted molar refractivity (Wildman–Crippen MR) is 335 cm³/mol. The molecule has 0 amide bonds. The van der Waals surface area contributed by atoms with Crippen LogP contribution in [0.15, 0.2) is 24.3 Å². The Morgan fingerprint density at radius 2 is 0.429 bits per heavy atom. The van der Waals surface area contributed by atoms with Crippen molar-refractivity contribution in [1.82, 2.24) is 0 Å². The van der Waals surface area contributed by atoms with Crippen LogP contribution < -0.4 is 0 Å². The summed E-state index contributed by atoms with van der Waals surface area (Å²) in [6.45, 7) is 6.71. The molecule has 0 aliphatic rings. The van der Waals surface area contributed by atoms with Crippen LogP contribution >= 0.6 is 0 Å². The summed E-state index contributed by atoms with van der Waals surface area (Å²) >= 11 is 0. The van der Waals surface area contributed by atoms with Crippen LogP contribution in [0.25, 0.3) is 0 Å². The van der Waals surface area contributed by atoms with Crippen molar-refractivity contribution in [3.05, 3.63) is 24.3 Å². The average molecular weight is 1080 g/mol. The van der Waals surface area contributed by atoms with Crippen LogP contribution in [0.1, 0.15) is 393 Å². The summed E-state index contributed by atoms with van der Waals surface area (Å²) in [6.07, 6.45) is 80.7. The summed E-state index contributed by atoms with van der Waals surface area (Å²) in [7, 11) is 0. The number of hydrogen-bond donors (Lipinski definition) is 0. The molecule has 0 aromatic carbocycles. The van der Waals surface area contributed by atoms with Crippen molar-refractivity contribution in [1.29, 1.82) is 0 Å². The minimum absolute atomic E-state index is 0.0658. The van der Waals surface area contributed by atoms with Gasteiger partial charge in [0, 0.05) is 19.3 Å². The fourth-order valence-corrected chi connectivity index (χ4v) is 10.7. The number of carbonyl (C=O) groups excluding carboxylic acids is 3. The number of carbonyl (C=O) groups is 3. The summed E-state index contributed by atoms with van der Waals surface area (Å²) in [6, 6.07) is 0. The van der Waals surface area contributed by atoms with Crippen LogP contribution in [-0.4, -0.2) is 37.2 Å². The van der Waals surface area contributed by atoms with E-state index < -0.39 is 6.10 Å². The van der Waals surface area contributed by atoms with E-state index in [2.05, 4.69) is 45.1 Å². The Hall–Kier alpha value is -2.11. The Morgan fingerprint density at radius 3 is 0.649 bits per heavy atom. The molecule has 0 saturated carbocycles. The van der Waals surface area contributed by atoms with Crippen molar-refractivity contribution in [2.75, 3.05) is 13.2 Å². The highest BCUT2D eigenvalue weighted by molar-refractivity contribution is 5.71. The highest BCUT2D eigenvalue weighted by Gasteiger charge is 2.19. The van der Waals surface area contributed by atoms with Gasteiger partial charge in [-0.05, 0) is 70.6 Å². The molecule has 77 heavy (non-hydrogen) atoms. The van der Waals surface area contributed by atoms with Crippen LogP contribution in [0, 0.1) is 0 Å². The molecule has 0 radical (unpaired) electrons. The second-order valence-electron chi connectivity index (χ2n) is 23.8. The lowest BCUT2D eigenvalue weighted by Gasteiger charge is -2.18. The minimum Gasteiger partial charge on any atom is -0.462 e. The van der Waals surface area contributed by atoms with Crippen LogP contribution in [0.5, 0.6) is 0 Å². The summed E-state index contributed by atoms with van der Waals surface area (Å²) in [5.41, 5.74) is 0. The van der Waals surface area contributed by atoms with Crippen molar-refractivity contribution >= 4 is 17.9 Å². The second-order valence-corrected chi connectivity index (χ2v) is 23.8. The number of unbranched alkanes of at least 4 members (excludes halogenated alkanes) is 50. The first-order valence-corrected chi connectivity index (χ1v) is 34.8. The van der Waals surface area contributed by atoms with Crippen molar-refractivity contribution in [2.45, 2.75) is 399 Å². The maximum atomic E-state index is 12.9. The lowest BCUT2D eigenvalue weighted by Crippen LogP contribution is -2.30. The van der Waals surface area contributed by atoms with Gasteiger partial charge in [0.15, 0.2) is 6.10 Å². The van der Waals surface area contributed by atoms with E-state index in [1.807, 2.05) is 0 Å². The standard InChI is InChI=1S/C71H134O6/c1-4-7-10-13-16-19-22-24-26-28-30-32-34-35-37-38-40-42-44-46-49-52-55-58-61-64-70(73)76-67-68(66-75-69(72)63-60-57-54-51-48-21-18-15-12-9-6-3)77-71(74)65-62-59-56-53-50-47-45-43-41-39-36-33-31-29-27-25-23-20-17-14-11-8-5-2/h28-31,68H,4-27,32-67H2,1-3H3/b30-28-,31-29-. The van der Waals surface area contributed by atoms with Gasteiger partial charge in [0.25, 0.3) is 0 Å². The van der Waals surface area contributed by atoms with E-state index in [1.165, 1.54) is 295 Å². The van der Waals surface area contributed by atoms with E-state index in [1.54, 1.807) is 0 Å². The van der Waals surface area contributed by atoms with Gasteiger partial charge in [0.1, 0.15) is 13.2 Å². The van der Waals surface area contributed by atoms with Gasteiger partial charge >= 0.3 is 17.9 Å². The summed E-state index contributed by atoms with van der Waals surface area (Å²) in [5, 5.41) is 0. The fraction of sp³-hybridized carbons (Fsp3) is 0.901. The van der Waals surface area contributed by atoms with Gasteiger partial charge in [-0.25, -0.2) is 0 Å². The molecule has 454 valence electrons. The highest BCUT2D eigenvalue weighted by atomic mass is 16.6. The van der Waals surface area contributed by atoms with Gasteiger partial charge in [-0.15, -0.1) is 0 Å². The second kappa shape index (κ2) is 66.4. The molecule has 0 rings (SSSR count). The van der Waals surface area contributed by atoms with Gasteiger partial charge in [-0.1, -0.05) is 328 Å². The molecule has 0 heterocycles. The molecule has 0 bridgehead atoms. The lowest BCUT2D eigenvalue weighted by molar-refractivity contribution is -0.167. The molecule has 0 N–H and O–H groups in total. The van der Waals surface area contributed by atoms with Gasteiger partial charge in [0.2, 0.25) is 0 Å². The van der Waals surface area contributed by atoms with E-state index >= 15 is 0 Å². The normalized spacial score (nSPS) is 12.1. The lowest BCUT2D eigenvalue weighted by atomic mass is 10.0. The smallest absolute Gasteiger partial charge is 0.306 e. The van der Waals surface area contributed by atoms with Gasteiger partial charge in [-0.3, -0.25) is 14.4 Å². The molecule has 0 spiro atoms. The molecule has 0 aliphatic carbocycles. The Bertz CT molecular complexity index is 1240. The Kier molecular flexibility index (Phi) is 64.6. The van der Waals surface area contributed by atoms with Crippen LogP contribution in [0.3, 0.4) is 0 Å². The molecule has 1 atom stereocenters. The highest BCUT2D eigenvalue weighted by Crippen LogP contribution is 2.18. The molecule has 6 heteroatoms. The molecule has 0 fully saturated rings. The largest absolute Gasteiger partial charge is 0.462 e.